The predicted molar refractivity (Wildman–Crippen MR) is 74.8 cm³/mol. The third kappa shape index (κ3) is 3.61. The first-order valence-corrected chi connectivity index (χ1v) is 6.71. The Morgan fingerprint density at radius 2 is 1.84 bits per heavy atom. The monoisotopic (exact) mass is 265 g/mol. The fourth-order valence-electron chi connectivity index (χ4n) is 2.66. The molecule has 19 heavy (non-hydrogen) atoms. The third-order valence-corrected chi connectivity index (χ3v) is 3.38. The van der Waals surface area contributed by atoms with Gasteiger partial charge in [0.2, 0.25) is 0 Å². The summed E-state index contributed by atoms with van der Waals surface area (Å²) >= 11 is 0. The molecule has 1 aliphatic heterocycles. The van der Waals surface area contributed by atoms with Crippen molar-refractivity contribution in [2.24, 2.45) is 0 Å². The van der Waals surface area contributed by atoms with Gasteiger partial charge in [-0.1, -0.05) is 0 Å². The van der Waals surface area contributed by atoms with Gasteiger partial charge in [-0.2, -0.15) is 0 Å². The topological polar surface area (TPSA) is 30.9 Å². The predicted octanol–water partition coefficient (Wildman–Crippen LogP) is 2.31. The molecule has 1 aromatic carbocycles. The standard InChI is InChI=1S/C15H23NO3/c1-11-8-16(9-12(2)19-11)10-13-7-14(17-3)5-6-15(13)18-4/h5-7,11-12H,8-10H2,1-4H3/t11-,12+. The van der Waals surface area contributed by atoms with Gasteiger partial charge in [0.1, 0.15) is 11.5 Å². The fourth-order valence-corrected chi connectivity index (χ4v) is 2.66. The molecular weight excluding hydrogens is 242 g/mol. The van der Waals surface area contributed by atoms with Crippen LogP contribution < -0.4 is 9.47 Å². The zero-order valence-electron chi connectivity index (χ0n) is 12.2. The summed E-state index contributed by atoms with van der Waals surface area (Å²) in [6.07, 6.45) is 0.556. The Morgan fingerprint density at radius 1 is 1.16 bits per heavy atom. The van der Waals surface area contributed by atoms with E-state index >= 15 is 0 Å². The molecule has 2 atom stereocenters. The Labute approximate surface area is 115 Å². The molecule has 1 heterocycles. The molecule has 1 saturated heterocycles. The lowest BCUT2D eigenvalue weighted by molar-refractivity contribution is -0.0706. The van der Waals surface area contributed by atoms with Gasteiger partial charge < -0.3 is 14.2 Å². The smallest absolute Gasteiger partial charge is 0.123 e. The Hall–Kier alpha value is -1.26. The second-order valence-corrected chi connectivity index (χ2v) is 5.13. The highest BCUT2D eigenvalue weighted by Crippen LogP contribution is 2.26. The first kappa shape index (κ1) is 14.2. The lowest BCUT2D eigenvalue weighted by Crippen LogP contribution is -2.44. The molecule has 4 heteroatoms. The number of benzene rings is 1. The van der Waals surface area contributed by atoms with E-state index in [-0.39, 0.29) is 12.2 Å². The van der Waals surface area contributed by atoms with Crippen LogP contribution in [0.1, 0.15) is 19.4 Å². The molecule has 1 aromatic rings. The quantitative estimate of drug-likeness (QED) is 0.836. The van der Waals surface area contributed by atoms with Crippen LogP contribution in [0.4, 0.5) is 0 Å². The van der Waals surface area contributed by atoms with Crippen LogP contribution in [0.25, 0.3) is 0 Å². The largest absolute Gasteiger partial charge is 0.497 e. The van der Waals surface area contributed by atoms with E-state index in [0.717, 1.165) is 36.7 Å². The SMILES string of the molecule is COc1ccc(OC)c(CN2C[C@@H](C)O[C@@H](C)C2)c1. The summed E-state index contributed by atoms with van der Waals surface area (Å²) in [5.41, 5.74) is 1.16. The molecule has 4 nitrogen and oxygen atoms in total. The van der Waals surface area contributed by atoms with Crippen molar-refractivity contribution in [3.8, 4) is 11.5 Å². The molecule has 0 bridgehead atoms. The van der Waals surface area contributed by atoms with Crippen molar-refractivity contribution in [2.45, 2.75) is 32.6 Å². The summed E-state index contributed by atoms with van der Waals surface area (Å²) in [6.45, 7) is 6.99. The van der Waals surface area contributed by atoms with Gasteiger partial charge in [-0.05, 0) is 32.0 Å². The number of hydrogen-bond donors (Lipinski definition) is 0. The molecule has 0 spiro atoms. The molecule has 0 radical (unpaired) electrons. The molecule has 0 saturated carbocycles. The number of methoxy groups -OCH3 is 2. The summed E-state index contributed by atoms with van der Waals surface area (Å²) in [5, 5.41) is 0. The molecule has 0 aliphatic carbocycles. The van der Waals surface area contributed by atoms with E-state index in [1.54, 1.807) is 14.2 Å². The van der Waals surface area contributed by atoms with Gasteiger partial charge in [-0.25, -0.2) is 0 Å². The fraction of sp³-hybridized carbons (Fsp3) is 0.600. The van der Waals surface area contributed by atoms with E-state index in [9.17, 15) is 0 Å². The Balaban J connectivity index is 2.12. The maximum absolute atomic E-state index is 5.76. The highest BCUT2D eigenvalue weighted by Gasteiger charge is 2.23. The van der Waals surface area contributed by atoms with Crippen molar-refractivity contribution in [1.29, 1.82) is 0 Å². The maximum atomic E-state index is 5.76. The minimum atomic E-state index is 0.278. The number of ether oxygens (including phenoxy) is 3. The minimum Gasteiger partial charge on any atom is -0.497 e. The van der Waals surface area contributed by atoms with Crippen LogP contribution in [-0.2, 0) is 11.3 Å². The van der Waals surface area contributed by atoms with Gasteiger partial charge in [-0.15, -0.1) is 0 Å². The summed E-state index contributed by atoms with van der Waals surface area (Å²) in [7, 11) is 3.39. The van der Waals surface area contributed by atoms with Crippen LogP contribution in [0.15, 0.2) is 18.2 Å². The molecule has 0 amide bonds. The number of nitrogens with zero attached hydrogens (tertiary/aromatic N) is 1. The van der Waals surface area contributed by atoms with Crippen LogP contribution in [0.2, 0.25) is 0 Å². The lowest BCUT2D eigenvalue weighted by atomic mass is 10.1. The minimum absolute atomic E-state index is 0.278. The molecule has 2 rings (SSSR count). The van der Waals surface area contributed by atoms with Gasteiger partial charge in [0.25, 0.3) is 0 Å². The van der Waals surface area contributed by atoms with Gasteiger partial charge in [0, 0.05) is 25.2 Å². The zero-order valence-corrected chi connectivity index (χ0v) is 12.2. The van der Waals surface area contributed by atoms with Crippen LogP contribution in [-0.4, -0.2) is 44.4 Å². The molecule has 0 N–H and O–H groups in total. The molecule has 0 aromatic heterocycles. The van der Waals surface area contributed by atoms with Crippen molar-refractivity contribution in [1.82, 2.24) is 4.90 Å². The second kappa shape index (κ2) is 6.26. The third-order valence-electron chi connectivity index (χ3n) is 3.38. The molecule has 106 valence electrons. The van der Waals surface area contributed by atoms with E-state index in [1.165, 1.54) is 0 Å². The average molecular weight is 265 g/mol. The zero-order chi connectivity index (χ0) is 13.8. The van der Waals surface area contributed by atoms with E-state index < -0.39 is 0 Å². The van der Waals surface area contributed by atoms with Crippen LogP contribution in [0.3, 0.4) is 0 Å². The van der Waals surface area contributed by atoms with Gasteiger partial charge in [-0.3, -0.25) is 4.90 Å². The number of rotatable bonds is 4. The van der Waals surface area contributed by atoms with Crippen LogP contribution >= 0.6 is 0 Å². The van der Waals surface area contributed by atoms with Gasteiger partial charge in [0.05, 0.1) is 26.4 Å². The number of morpholine rings is 1. The van der Waals surface area contributed by atoms with E-state index in [4.69, 9.17) is 14.2 Å². The Kier molecular flexibility index (Phi) is 4.66. The van der Waals surface area contributed by atoms with Crippen molar-refractivity contribution in [3.05, 3.63) is 23.8 Å². The summed E-state index contributed by atoms with van der Waals surface area (Å²) < 4.78 is 16.5. The lowest BCUT2D eigenvalue weighted by Gasteiger charge is -2.35. The van der Waals surface area contributed by atoms with Crippen molar-refractivity contribution in [3.63, 3.8) is 0 Å². The first-order valence-electron chi connectivity index (χ1n) is 6.71. The average Bonchev–Trinajstić information content (AvgIpc) is 2.37. The summed E-state index contributed by atoms with van der Waals surface area (Å²) in [6, 6.07) is 5.93. The van der Waals surface area contributed by atoms with Crippen molar-refractivity contribution >= 4 is 0 Å². The van der Waals surface area contributed by atoms with Crippen molar-refractivity contribution < 1.29 is 14.2 Å². The summed E-state index contributed by atoms with van der Waals surface area (Å²) in [4.78, 5) is 2.40. The Morgan fingerprint density at radius 3 is 2.42 bits per heavy atom. The molecule has 1 aliphatic rings. The summed E-state index contributed by atoms with van der Waals surface area (Å²) in [5.74, 6) is 1.78. The maximum Gasteiger partial charge on any atom is 0.123 e. The Bertz CT molecular complexity index is 412. The van der Waals surface area contributed by atoms with Crippen LogP contribution in [0, 0.1) is 0 Å². The first-order chi connectivity index (χ1) is 9.12. The van der Waals surface area contributed by atoms with E-state index in [2.05, 4.69) is 18.7 Å². The highest BCUT2D eigenvalue weighted by atomic mass is 16.5. The number of hydrogen-bond acceptors (Lipinski definition) is 4. The van der Waals surface area contributed by atoms with E-state index in [1.807, 2.05) is 18.2 Å². The van der Waals surface area contributed by atoms with Gasteiger partial charge in [0.15, 0.2) is 0 Å². The van der Waals surface area contributed by atoms with E-state index in [0.29, 0.717) is 0 Å². The van der Waals surface area contributed by atoms with Crippen molar-refractivity contribution in [2.75, 3.05) is 27.3 Å². The molecule has 0 unspecified atom stereocenters. The van der Waals surface area contributed by atoms with Gasteiger partial charge >= 0.3 is 0 Å². The molecular formula is C15H23NO3. The normalized spacial score (nSPS) is 24.2. The molecule has 1 fully saturated rings. The second-order valence-electron chi connectivity index (χ2n) is 5.13. The van der Waals surface area contributed by atoms with Crippen LogP contribution in [0.5, 0.6) is 11.5 Å². The highest BCUT2D eigenvalue weighted by molar-refractivity contribution is 5.40.